The van der Waals surface area contributed by atoms with Crippen molar-refractivity contribution >= 4 is 17.5 Å². The van der Waals surface area contributed by atoms with Crippen molar-refractivity contribution < 1.29 is 4.79 Å². The third kappa shape index (κ3) is 6.93. The Balaban J connectivity index is 2.12. The summed E-state index contributed by atoms with van der Waals surface area (Å²) >= 11 is 5.99. The number of likely N-dealkylation sites (N-methyl/N-ethyl adjacent to an activating group) is 1. The molecule has 1 amide bonds. The lowest BCUT2D eigenvalue weighted by Crippen LogP contribution is -2.36. The Labute approximate surface area is 174 Å². The highest BCUT2D eigenvalue weighted by molar-refractivity contribution is 6.30. The Bertz CT molecular complexity index is 725. The molecule has 0 aliphatic heterocycles. The summed E-state index contributed by atoms with van der Waals surface area (Å²) in [6, 6.07) is 15.7. The average molecular weight is 402 g/mol. The monoisotopic (exact) mass is 401 g/mol. The molecule has 0 aromatic heterocycles. The van der Waals surface area contributed by atoms with Crippen molar-refractivity contribution in [3.63, 3.8) is 0 Å². The van der Waals surface area contributed by atoms with Gasteiger partial charge in [-0.1, -0.05) is 49.7 Å². The number of nitrogens with zero attached hydrogens (tertiary/aromatic N) is 3. The lowest BCUT2D eigenvalue weighted by Gasteiger charge is -2.25. The van der Waals surface area contributed by atoms with Gasteiger partial charge in [0.25, 0.3) is 5.91 Å². The molecule has 5 heteroatoms. The molecule has 0 unspecified atom stereocenters. The molecule has 0 saturated carbocycles. The predicted molar refractivity (Wildman–Crippen MR) is 118 cm³/mol. The van der Waals surface area contributed by atoms with E-state index in [0.29, 0.717) is 18.1 Å². The zero-order chi connectivity index (χ0) is 20.5. The van der Waals surface area contributed by atoms with Crippen molar-refractivity contribution in [1.82, 2.24) is 14.7 Å². The standard InChI is InChI=1S/C23H32ClN3O/c1-5-26(6-2)17-19-7-11-21(12-8-19)23(28)27(16-15-25(3)4)18-20-9-13-22(24)14-10-20/h7-14H,5-6,15-18H2,1-4H3. The molecule has 2 aromatic carbocycles. The maximum absolute atomic E-state index is 13.1. The Hall–Kier alpha value is -1.88. The van der Waals surface area contributed by atoms with E-state index in [0.717, 1.165) is 37.3 Å². The van der Waals surface area contributed by atoms with E-state index in [1.54, 1.807) is 0 Å². The largest absolute Gasteiger partial charge is 0.333 e. The van der Waals surface area contributed by atoms with Crippen LogP contribution >= 0.6 is 11.6 Å². The van der Waals surface area contributed by atoms with E-state index in [9.17, 15) is 4.79 Å². The third-order valence-corrected chi connectivity index (χ3v) is 5.14. The molecule has 0 aliphatic rings. The van der Waals surface area contributed by atoms with Gasteiger partial charge < -0.3 is 9.80 Å². The maximum Gasteiger partial charge on any atom is 0.254 e. The van der Waals surface area contributed by atoms with Crippen molar-refractivity contribution in [3.05, 3.63) is 70.2 Å². The summed E-state index contributed by atoms with van der Waals surface area (Å²) in [5.74, 6) is 0.0613. The first-order valence-electron chi connectivity index (χ1n) is 9.92. The third-order valence-electron chi connectivity index (χ3n) is 4.89. The maximum atomic E-state index is 13.1. The van der Waals surface area contributed by atoms with Crippen LogP contribution in [0, 0.1) is 0 Å². The Morgan fingerprint density at radius 3 is 1.89 bits per heavy atom. The summed E-state index contributed by atoms with van der Waals surface area (Å²) in [5, 5.41) is 0.707. The zero-order valence-electron chi connectivity index (χ0n) is 17.5. The van der Waals surface area contributed by atoms with Gasteiger partial charge in [-0.2, -0.15) is 0 Å². The molecule has 0 N–H and O–H groups in total. The highest BCUT2D eigenvalue weighted by Gasteiger charge is 2.16. The van der Waals surface area contributed by atoms with Gasteiger partial charge in [-0.15, -0.1) is 0 Å². The number of halogens is 1. The second-order valence-corrected chi connectivity index (χ2v) is 7.75. The molecule has 28 heavy (non-hydrogen) atoms. The fourth-order valence-corrected chi connectivity index (χ4v) is 3.15. The molecule has 0 heterocycles. The lowest BCUT2D eigenvalue weighted by atomic mass is 10.1. The normalized spacial score (nSPS) is 11.2. The second-order valence-electron chi connectivity index (χ2n) is 7.31. The van der Waals surface area contributed by atoms with Crippen LogP contribution in [0.4, 0.5) is 0 Å². The van der Waals surface area contributed by atoms with E-state index in [1.165, 1.54) is 5.56 Å². The molecule has 152 valence electrons. The minimum absolute atomic E-state index is 0.0613. The molecule has 2 aromatic rings. The number of hydrogen-bond acceptors (Lipinski definition) is 3. The molecule has 0 fully saturated rings. The first-order chi connectivity index (χ1) is 13.4. The van der Waals surface area contributed by atoms with Gasteiger partial charge in [0.1, 0.15) is 0 Å². The van der Waals surface area contributed by atoms with E-state index >= 15 is 0 Å². The number of benzene rings is 2. The second kappa shape index (κ2) is 11.2. The molecule has 0 saturated heterocycles. The summed E-state index contributed by atoms with van der Waals surface area (Å²) in [7, 11) is 4.04. The van der Waals surface area contributed by atoms with Gasteiger partial charge in [-0.05, 0) is 62.6 Å². The van der Waals surface area contributed by atoms with E-state index in [2.05, 4.69) is 35.8 Å². The van der Waals surface area contributed by atoms with Crippen LogP contribution in [0.1, 0.15) is 35.3 Å². The van der Waals surface area contributed by atoms with Crippen LogP contribution in [0.5, 0.6) is 0 Å². The summed E-state index contributed by atoms with van der Waals surface area (Å²) in [6.45, 7) is 9.37. The molecular weight excluding hydrogens is 370 g/mol. The zero-order valence-corrected chi connectivity index (χ0v) is 18.2. The van der Waals surface area contributed by atoms with Gasteiger partial charge in [-0.3, -0.25) is 9.69 Å². The summed E-state index contributed by atoms with van der Waals surface area (Å²) in [4.78, 5) is 19.5. The highest BCUT2D eigenvalue weighted by Crippen LogP contribution is 2.15. The number of rotatable bonds is 10. The van der Waals surface area contributed by atoms with Crippen LogP contribution in [0.3, 0.4) is 0 Å². The molecule has 2 rings (SSSR count). The molecular formula is C23H32ClN3O. The van der Waals surface area contributed by atoms with Crippen LogP contribution in [-0.2, 0) is 13.1 Å². The van der Waals surface area contributed by atoms with Gasteiger partial charge >= 0.3 is 0 Å². The molecule has 0 atom stereocenters. The lowest BCUT2D eigenvalue weighted by molar-refractivity contribution is 0.0732. The topological polar surface area (TPSA) is 26.8 Å². The first-order valence-corrected chi connectivity index (χ1v) is 10.3. The summed E-state index contributed by atoms with van der Waals surface area (Å²) in [5.41, 5.74) is 3.04. The van der Waals surface area contributed by atoms with E-state index in [1.807, 2.05) is 55.4 Å². The van der Waals surface area contributed by atoms with Crippen molar-refractivity contribution in [1.29, 1.82) is 0 Å². The number of carbonyl (C=O) groups is 1. The van der Waals surface area contributed by atoms with Crippen LogP contribution < -0.4 is 0 Å². The van der Waals surface area contributed by atoms with Crippen molar-refractivity contribution in [2.45, 2.75) is 26.9 Å². The molecule has 0 bridgehead atoms. The van der Waals surface area contributed by atoms with Crippen LogP contribution in [0.2, 0.25) is 5.02 Å². The SMILES string of the molecule is CCN(CC)Cc1ccc(C(=O)N(CCN(C)C)Cc2ccc(Cl)cc2)cc1. The highest BCUT2D eigenvalue weighted by atomic mass is 35.5. The number of carbonyl (C=O) groups excluding carboxylic acids is 1. The van der Waals surface area contributed by atoms with Crippen LogP contribution in [0.15, 0.2) is 48.5 Å². The Morgan fingerprint density at radius 1 is 0.821 bits per heavy atom. The fraction of sp³-hybridized carbons (Fsp3) is 0.435. The van der Waals surface area contributed by atoms with Crippen LogP contribution in [0.25, 0.3) is 0 Å². The predicted octanol–water partition coefficient (Wildman–Crippen LogP) is 4.39. The molecule has 0 radical (unpaired) electrons. The minimum atomic E-state index is 0.0613. The van der Waals surface area contributed by atoms with Crippen molar-refractivity contribution in [2.24, 2.45) is 0 Å². The van der Waals surface area contributed by atoms with Crippen molar-refractivity contribution in [3.8, 4) is 0 Å². The van der Waals surface area contributed by atoms with Gasteiger partial charge in [0.2, 0.25) is 0 Å². The van der Waals surface area contributed by atoms with Gasteiger partial charge in [-0.25, -0.2) is 0 Å². The number of hydrogen-bond donors (Lipinski definition) is 0. The Morgan fingerprint density at radius 2 is 1.36 bits per heavy atom. The van der Waals surface area contributed by atoms with Crippen LogP contribution in [-0.4, -0.2) is 60.9 Å². The van der Waals surface area contributed by atoms with Gasteiger partial charge in [0, 0.05) is 36.8 Å². The van der Waals surface area contributed by atoms with Gasteiger partial charge in [0.05, 0.1) is 0 Å². The fourth-order valence-electron chi connectivity index (χ4n) is 3.02. The first kappa shape index (κ1) is 22.4. The Kier molecular flexibility index (Phi) is 8.97. The van der Waals surface area contributed by atoms with Crippen molar-refractivity contribution in [2.75, 3.05) is 40.3 Å². The molecule has 0 spiro atoms. The van der Waals surface area contributed by atoms with E-state index in [4.69, 9.17) is 11.6 Å². The molecule has 0 aliphatic carbocycles. The smallest absolute Gasteiger partial charge is 0.254 e. The van der Waals surface area contributed by atoms with Gasteiger partial charge in [0.15, 0.2) is 0 Å². The summed E-state index contributed by atoms with van der Waals surface area (Å²) in [6.07, 6.45) is 0. The summed E-state index contributed by atoms with van der Waals surface area (Å²) < 4.78 is 0. The minimum Gasteiger partial charge on any atom is -0.333 e. The molecule has 4 nitrogen and oxygen atoms in total. The average Bonchev–Trinajstić information content (AvgIpc) is 2.70. The van der Waals surface area contributed by atoms with E-state index < -0.39 is 0 Å². The quantitative estimate of drug-likeness (QED) is 0.590. The van der Waals surface area contributed by atoms with E-state index in [-0.39, 0.29) is 5.91 Å². The number of amides is 1.